The molecule has 0 saturated heterocycles. The molecule has 0 rings (SSSR count). The Morgan fingerprint density at radius 2 is 2.50 bits per heavy atom. The Morgan fingerprint density at radius 3 is 2.88 bits per heavy atom. The second-order valence-corrected chi connectivity index (χ2v) is 1.01. The van der Waals surface area contributed by atoms with Crippen molar-refractivity contribution in [3.63, 3.8) is 0 Å². The summed E-state index contributed by atoms with van der Waals surface area (Å²) in [6.07, 6.45) is 1.33. The molecule has 0 aliphatic carbocycles. The molecule has 0 fully saturated rings. The van der Waals surface area contributed by atoms with Crippen molar-refractivity contribution in [3.8, 4) is 0 Å². The van der Waals surface area contributed by atoms with Gasteiger partial charge in [-0.15, -0.1) is 0 Å². The van der Waals surface area contributed by atoms with Crippen LogP contribution in [0.3, 0.4) is 0 Å². The molecule has 3 N–H and O–H groups in total. The van der Waals surface area contributed by atoms with E-state index in [1.54, 1.807) is 0 Å². The van der Waals surface area contributed by atoms with Crippen LogP contribution in [0.5, 0.6) is 0 Å². The Balaban J connectivity index is 3.05. The molecule has 0 aliphatic rings. The van der Waals surface area contributed by atoms with Crippen molar-refractivity contribution >= 4 is 6.16 Å². The maximum absolute atomic E-state index is 9.58. The van der Waals surface area contributed by atoms with Crippen molar-refractivity contribution in [2.45, 2.75) is 0 Å². The molecule has 0 aromatic rings. The Labute approximate surface area is 46.6 Å². The van der Waals surface area contributed by atoms with Gasteiger partial charge < -0.3 is 15.6 Å². The number of carboxylic acid groups (broad SMARTS) is 1. The van der Waals surface area contributed by atoms with E-state index in [1.165, 1.54) is 12.3 Å². The third kappa shape index (κ3) is 4.81. The fraction of sp³-hybridized carbons (Fsp3) is 0.250. The molecule has 4 heteroatoms. The first-order chi connectivity index (χ1) is 3.77. The van der Waals surface area contributed by atoms with Crippen LogP contribution in [0.25, 0.3) is 0 Å². The zero-order valence-electron chi connectivity index (χ0n) is 4.20. The quantitative estimate of drug-likeness (QED) is 0.505. The van der Waals surface area contributed by atoms with E-state index in [-0.39, 0.29) is 6.61 Å². The molecule has 0 aliphatic heterocycles. The van der Waals surface area contributed by atoms with E-state index >= 15 is 0 Å². The highest BCUT2D eigenvalue weighted by Crippen LogP contribution is 1.74. The van der Waals surface area contributed by atoms with E-state index in [4.69, 9.17) is 10.8 Å². The summed E-state index contributed by atoms with van der Waals surface area (Å²) in [4.78, 5) is 9.58. The molecule has 0 unspecified atom stereocenters. The van der Waals surface area contributed by atoms with E-state index in [1.807, 2.05) is 0 Å². The lowest BCUT2D eigenvalue weighted by Crippen LogP contribution is -1.99. The van der Waals surface area contributed by atoms with Crippen LogP contribution in [-0.4, -0.2) is 17.9 Å². The highest BCUT2D eigenvalue weighted by molar-refractivity contribution is 5.56. The van der Waals surface area contributed by atoms with Gasteiger partial charge in [0.05, 0.1) is 0 Å². The Bertz CT molecular complexity index is 99.5. The van der Waals surface area contributed by atoms with Gasteiger partial charge in [0.15, 0.2) is 0 Å². The van der Waals surface area contributed by atoms with E-state index in [2.05, 4.69) is 4.74 Å². The van der Waals surface area contributed by atoms with Gasteiger partial charge in [0.2, 0.25) is 0 Å². The average molecular weight is 117 g/mol. The third-order valence-electron chi connectivity index (χ3n) is 0.439. The molecular weight excluding hydrogens is 110 g/mol. The zero-order chi connectivity index (χ0) is 6.41. The van der Waals surface area contributed by atoms with Crippen LogP contribution < -0.4 is 5.73 Å². The van der Waals surface area contributed by atoms with Crippen molar-refractivity contribution in [2.75, 3.05) is 6.61 Å². The van der Waals surface area contributed by atoms with Gasteiger partial charge in [0.25, 0.3) is 0 Å². The fourth-order valence-corrected chi connectivity index (χ4v) is 0.175. The van der Waals surface area contributed by atoms with Crippen molar-refractivity contribution in [2.24, 2.45) is 5.73 Å². The molecule has 0 spiro atoms. The second kappa shape index (κ2) is 3.98. The van der Waals surface area contributed by atoms with Crippen molar-refractivity contribution < 1.29 is 14.6 Å². The molecule has 0 bridgehead atoms. The summed E-state index contributed by atoms with van der Waals surface area (Å²) in [5, 5.41) is 7.84. The Morgan fingerprint density at radius 1 is 1.88 bits per heavy atom. The standard InChI is InChI=1S/C4H7NO3/c5-2-1-3-8-4(6)7/h1-2H,3,5H2,(H,6,7). The van der Waals surface area contributed by atoms with Crippen LogP contribution in [0, 0.1) is 0 Å². The van der Waals surface area contributed by atoms with Crippen LogP contribution in [0.15, 0.2) is 12.3 Å². The lowest BCUT2D eigenvalue weighted by molar-refractivity contribution is 0.102. The number of hydrogen-bond donors (Lipinski definition) is 2. The minimum atomic E-state index is -1.29. The first-order valence-corrected chi connectivity index (χ1v) is 2.00. The summed E-state index contributed by atoms with van der Waals surface area (Å²) in [6, 6.07) is 0. The Hall–Kier alpha value is -1.19. The van der Waals surface area contributed by atoms with E-state index in [0.29, 0.717) is 0 Å². The molecule has 0 amide bonds. The third-order valence-corrected chi connectivity index (χ3v) is 0.439. The minimum absolute atomic E-state index is 0.0197. The predicted octanol–water partition coefficient (Wildman–Crippen LogP) is 0.153. The normalized spacial score (nSPS) is 9.50. The molecule has 0 aromatic carbocycles. The Kier molecular flexibility index (Phi) is 3.39. The second-order valence-electron chi connectivity index (χ2n) is 1.01. The molecule has 4 nitrogen and oxygen atoms in total. The predicted molar refractivity (Wildman–Crippen MR) is 27.3 cm³/mol. The lowest BCUT2D eigenvalue weighted by Gasteiger charge is -1.89. The minimum Gasteiger partial charge on any atom is -0.450 e. The topological polar surface area (TPSA) is 72.5 Å². The van der Waals surface area contributed by atoms with Crippen molar-refractivity contribution in [3.05, 3.63) is 12.3 Å². The summed E-state index contributed by atoms with van der Waals surface area (Å²) in [5.74, 6) is 0. The van der Waals surface area contributed by atoms with Gasteiger partial charge in [0.1, 0.15) is 6.61 Å². The van der Waals surface area contributed by atoms with Gasteiger partial charge in [-0.2, -0.15) is 0 Å². The van der Waals surface area contributed by atoms with Gasteiger partial charge in [-0.05, 0) is 12.3 Å². The van der Waals surface area contributed by atoms with Gasteiger partial charge in [-0.25, -0.2) is 4.79 Å². The lowest BCUT2D eigenvalue weighted by atomic mass is 10.7. The fourth-order valence-electron chi connectivity index (χ4n) is 0.175. The molecular formula is C4H7NO3. The van der Waals surface area contributed by atoms with Crippen molar-refractivity contribution in [1.29, 1.82) is 0 Å². The number of hydrogen-bond acceptors (Lipinski definition) is 3. The summed E-state index contributed by atoms with van der Waals surface area (Å²) in [6.45, 7) is 0.0197. The highest BCUT2D eigenvalue weighted by atomic mass is 16.7. The van der Waals surface area contributed by atoms with Crippen LogP contribution in [0.2, 0.25) is 0 Å². The van der Waals surface area contributed by atoms with Gasteiger partial charge in [-0.1, -0.05) is 0 Å². The maximum atomic E-state index is 9.58. The summed E-state index contributed by atoms with van der Waals surface area (Å²) >= 11 is 0. The summed E-state index contributed by atoms with van der Waals surface area (Å²) in [7, 11) is 0. The van der Waals surface area contributed by atoms with E-state index in [9.17, 15) is 4.79 Å². The number of nitrogens with two attached hydrogens (primary N) is 1. The average Bonchev–Trinajstić information content (AvgIpc) is 1.66. The van der Waals surface area contributed by atoms with Crippen LogP contribution in [0.4, 0.5) is 4.79 Å². The summed E-state index contributed by atoms with van der Waals surface area (Å²) < 4.78 is 4.03. The van der Waals surface area contributed by atoms with Gasteiger partial charge >= 0.3 is 6.16 Å². The van der Waals surface area contributed by atoms with Crippen molar-refractivity contribution in [1.82, 2.24) is 0 Å². The van der Waals surface area contributed by atoms with Gasteiger partial charge in [-0.3, -0.25) is 0 Å². The largest absolute Gasteiger partial charge is 0.506 e. The molecule has 0 saturated carbocycles. The number of carbonyl (C=O) groups is 1. The first-order valence-electron chi connectivity index (χ1n) is 2.00. The monoisotopic (exact) mass is 117 g/mol. The summed E-state index contributed by atoms with van der Waals surface area (Å²) in [5.41, 5.74) is 4.86. The molecule has 0 heterocycles. The van der Waals surface area contributed by atoms with E-state index in [0.717, 1.165) is 0 Å². The molecule has 46 valence electrons. The van der Waals surface area contributed by atoms with Crippen LogP contribution >= 0.6 is 0 Å². The molecule has 8 heavy (non-hydrogen) atoms. The van der Waals surface area contributed by atoms with E-state index < -0.39 is 6.16 Å². The smallest absolute Gasteiger partial charge is 0.450 e. The number of ether oxygens (including phenoxy) is 1. The van der Waals surface area contributed by atoms with Crippen LogP contribution in [-0.2, 0) is 4.74 Å². The number of rotatable bonds is 2. The molecule has 0 aromatic heterocycles. The van der Waals surface area contributed by atoms with Crippen LogP contribution in [0.1, 0.15) is 0 Å². The molecule has 0 atom stereocenters. The SMILES string of the molecule is NC=CCOC(=O)O. The first kappa shape index (κ1) is 6.81. The zero-order valence-corrected chi connectivity index (χ0v) is 4.20. The highest BCUT2D eigenvalue weighted by Gasteiger charge is 1.88. The maximum Gasteiger partial charge on any atom is 0.506 e. The molecule has 0 radical (unpaired) electrons. The van der Waals surface area contributed by atoms with Gasteiger partial charge in [0, 0.05) is 0 Å².